The van der Waals surface area contributed by atoms with Gasteiger partial charge in [-0.1, -0.05) is 30.3 Å². The van der Waals surface area contributed by atoms with Gasteiger partial charge in [-0.15, -0.1) is 10.2 Å². The number of aliphatic carboxylic acids is 1. The first-order valence-corrected chi connectivity index (χ1v) is 8.96. The van der Waals surface area contributed by atoms with Gasteiger partial charge in [-0.2, -0.15) is 4.80 Å². The third kappa shape index (κ3) is 2.97. The molecule has 1 amide bonds. The first kappa shape index (κ1) is 17.6. The highest BCUT2D eigenvalue weighted by Gasteiger charge is 2.55. The number of ether oxygens (including phenoxy) is 1. The molecule has 3 heterocycles. The highest BCUT2D eigenvalue weighted by molar-refractivity contribution is 5.83. The van der Waals surface area contributed by atoms with Gasteiger partial charge in [0, 0.05) is 31.2 Å². The number of aromatic nitrogens is 4. The zero-order chi connectivity index (χ0) is 19.0. The molecule has 1 aromatic heterocycles. The van der Waals surface area contributed by atoms with Gasteiger partial charge in [0.1, 0.15) is 6.04 Å². The smallest absolute Gasteiger partial charge is 0.311 e. The standard InChI is InChI=1S/C18H21N5O4/c1-12(23-20-15(19-21-23)13-5-3-2-4-6-13)16(24)22-9-14-10-27-8-7-18(14,11-22)17(25)26/h2-6,12,14H,7-11H2,1H3,(H,25,26)/t12?,14-,18+/m0/s1. The zero-order valence-corrected chi connectivity index (χ0v) is 15.0. The number of fused-ring (bicyclic) bond motifs is 1. The molecular weight excluding hydrogens is 350 g/mol. The third-order valence-electron chi connectivity index (χ3n) is 5.61. The number of carbonyl (C=O) groups excluding carboxylic acids is 1. The topological polar surface area (TPSA) is 110 Å². The van der Waals surface area contributed by atoms with Crippen LogP contribution in [0.25, 0.3) is 11.4 Å². The van der Waals surface area contributed by atoms with Gasteiger partial charge in [0.15, 0.2) is 0 Å². The summed E-state index contributed by atoms with van der Waals surface area (Å²) in [6, 6.07) is 8.73. The first-order valence-electron chi connectivity index (χ1n) is 8.96. The minimum Gasteiger partial charge on any atom is -0.481 e. The molecule has 9 nitrogen and oxygen atoms in total. The SMILES string of the molecule is CC(C(=O)N1C[C@H]2COCC[C@@]2(C(=O)O)C1)n1nnc(-c2ccccc2)n1. The zero-order valence-electron chi connectivity index (χ0n) is 15.0. The number of likely N-dealkylation sites (tertiary alicyclic amines) is 1. The predicted octanol–water partition coefficient (Wildman–Crippen LogP) is 0.851. The second-order valence-electron chi connectivity index (χ2n) is 7.18. The lowest BCUT2D eigenvalue weighted by molar-refractivity contribution is -0.157. The average molecular weight is 371 g/mol. The van der Waals surface area contributed by atoms with Gasteiger partial charge in [-0.05, 0) is 18.6 Å². The minimum atomic E-state index is -0.918. The van der Waals surface area contributed by atoms with Gasteiger partial charge in [-0.3, -0.25) is 9.59 Å². The van der Waals surface area contributed by atoms with Crippen LogP contribution < -0.4 is 0 Å². The lowest BCUT2D eigenvalue weighted by atomic mass is 9.74. The first-order chi connectivity index (χ1) is 13.0. The largest absolute Gasteiger partial charge is 0.481 e. The fourth-order valence-electron chi connectivity index (χ4n) is 3.92. The van der Waals surface area contributed by atoms with E-state index < -0.39 is 17.4 Å². The summed E-state index contributed by atoms with van der Waals surface area (Å²) < 4.78 is 5.44. The van der Waals surface area contributed by atoms with Crippen LogP contribution in [0.1, 0.15) is 19.4 Å². The molecule has 1 N–H and O–H groups in total. The van der Waals surface area contributed by atoms with Crippen molar-refractivity contribution in [3.8, 4) is 11.4 Å². The Morgan fingerprint density at radius 1 is 1.33 bits per heavy atom. The van der Waals surface area contributed by atoms with E-state index in [0.717, 1.165) is 5.56 Å². The third-order valence-corrected chi connectivity index (χ3v) is 5.61. The van der Waals surface area contributed by atoms with E-state index in [2.05, 4.69) is 15.4 Å². The van der Waals surface area contributed by atoms with E-state index in [1.807, 2.05) is 30.3 Å². The van der Waals surface area contributed by atoms with Crippen LogP contribution in [0.2, 0.25) is 0 Å². The molecule has 2 saturated heterocycles. The molecule has 2 fully saturated rings. The van der Waals surface area contributed by atoms with E-state index in [-0.39, 0.29) is 18.4 Å². The second kappa shape index (κ2) is 6.73. The normalized spacial score (nSPS) is 25.8. The minimum absolute atomic E-state index is 0.191. The van der Waals surface area contributed by atoms with Gasteiger partial charge in [-0.25, -0.2) is 0 Å². The summed E-state index contributed by atoms with van der Waals surface area (Å²) in [4.78, 5) is 27.7. The maximum atomic E-state index is 13.0. The van der Waals surface area contributed by atoms with Crippen molar-refractivity contribution in [1.29, 1.82) is 0 Å². The average Bonchev–Trinajstić information content (AvgIpc) is 3.33. The number of rotatable bonds is 4. The summed E-state index contributed by atoms with van der Waals surface area (Å²) in [5.74, 6) is -0.810. The second-order valence-corrected chi connectivity index (χ2v) is 7.18. The fraction of sp³-hybridized carbons (Fsp3) is 0.500. The Hall–Kier alpha value is -2.81. The Bertz CT molecular complexity index is 854. The number of carboxylic acids is 1. The molecule has 0 saturated carbocycles. The van der Waals surface area contributed by atoms with E-state index in [4.69, 9.17) is 4.74 Å². The lowest BCUT2D eigenvalue weighted by Crippen LogP contribution is -2.45. The molecule has 0 radical (unpaired) electrons. The van der Waals surface area contributed by atoms with Gasteiger partial charge in [0.2, 0.25) is 11.7 Å². The molecule has 9 heteroatoms. The number of tetrazole rings is 1. The Labute approximate surface area is 155 Å². The van der Waals surface area contributed by atoms with Crippen molar-refractivity contribution < 1.29 is 19.4 Å². The molecule has 4 rings (SSSR count). The van der Waals surface area contributed by atoms with Gasteiger partial charge >= 0.3 is 5.97 Å². The van der Waals surface area contributed by atoms with Crippen molar-refractivity contribution in [3.05, 3.63) is 30.3 Å². The quantitative estimate of drug-likeness (QED) is 0.848. The maximum absolute atomic E-state index is 13.0. The fourth-order valence-corrected chi connectivity index (χ4v) is 3.92. The highest BCUT2D eigenvalue weighted by Crippen LogP contribution is 2.43. The number of hydrogen-bond donors (Lipinski definition) is 1. The summed E-state index contributed by atoms with van der Waals surface area (Å²) >= 11 is 0. The summed E-state index contributed by atoms with van der Waals surface area (Å²) in [6.07, 6.45) is 0.422. The van der Waals surface area contributed by atoms with E-state index >= 15 is 0 Å². The number of carbonyl (C=O) groups is 2. The van der Waals surface area contributed by atoms with Crippen LogP contribution in [0.5, 0.6) is 0 Å². The van der Waals surface area contributed by atoms with Crippen molar-refractivity contribution in [2.75, 3.05) is 26.3 Å². The van der Waals surface area contributed by atoms with Gasteiger partial charge in [0.05, 0.1) is 12.0 Å². The van der Waals surface area contributed by atoms with E-state index in [9.17, 15) is 14.7 Å². The Morgan fingerprint density at radius 3 is 2.81 bits per heavy atom. The molecule has 2 aromatic rings. The number of carboxylic acid groups (broad SMARTS) is 1. The van der Waals surface area contributed by atoms with Crippen molar-refractivity contribution in [2.45, 2.75) is 19.4 Å². The molecule has 0 bridgehead atoms. The molecule has 3 atom stereocenters. The summed E-state index contributed by atoms with van der Waals surface area (Å²) in [7, 11) is 0. The van der Waals surface area contributed by atoms with Gasteiger partial charge < -0.3 is 14.7 Å². The van der Waals surface area contributed by atoms with Crippen LogP contribution in [0, 0.1) is 11.3 Å². The molecule has 2 aliphatic rings. The molecule has 1 unspecified atom stereocenters. The summed E-state index contributed by atoms with van der Waals surface area (Å²) in [6.45, 7) is 3.04. The highest BCUT2D eigenvalue weighted by atomic mass is 16.5. The van der Waals surface area contributed by atoms with Crippen molar-refractivity contribution in [3.63, 3.8) is 0 Å². The molecular formula is C18H21N5O4. The molecule has 142 valence electrons. The number of hydrogen-bond acceptors (Lipinski definition) is 6. The van der Waals surface area contributed by atoms with Crippen LogP contribution in [0.4, 0.5) is 0 Å². The number of nitrogens with zero attached hydrogens (tertiary/aromatic N) is 5. The van der Waals surface area contributed by atoms with Crippen LogP contribution in [0.15, 0.2) is 30.3 Å². The van der Waals surface area contributed by atoms with E-state index in [0.29, 0.717) is 32.0 Å². The van der Waals surface area contributed by atoms with Crippen LogP contribution >= 0.6 is 0 Å². The number of benzene rings is 1. The van der Waals surface area contributed by atoms with Gasteiger partial charge in [0.25, 0.3) is 0 Å². The van der Waals surface area contributed by atoms with E-state index in [1.54, 1.807) is 11.8 Å². The van der Waals surface area contributed by atoms with Crippen LogP contribution in [-0.4, -0.2) is 68.4 Å². The van der Waals surface area contributed by atoms with Crippen molar-refractivity contribution in [2.24, 2.45) is 11.3 Å². The molecule has 2 aliphatic heterocycles. The predicted molar refractivity (Wildman–Crippen MR) is 93.5 cm³/mol. The molecule has 27 heavy (non-hydrogen) atoms. The Balaban J connectivity index is 1.52. The molecule has 1 aromatic carbocycles. The molecule has 0 spiro atoms. The van der Waals surface area contributed by atoms with Crippen LogP contribution in [0.3, 0.4) is 0 Å². The lowest BCUT2D eigenvalue weighted by Gasteiger charge is -2.33. The van der Waals surface area contributed by atoms with E-state index in [1.165, 1.54) is 4.80 Å². The van der Waals surface area contributed by atoms with Crippen molar-refractivity contribution in [1.82, 2.24) is 25.1 Å². The summed E-state index contributed by atoms with van der Waals surface area (Å²) in [5.41, 5.74) is -0.101. The Morgan fingerprint density at radius 2 is 2.11 bits per heavy atom. The Kier molecular flexibility index (Phi) is 4.39. The van der Waals surface area contributed by atoms with Crippen molar-refractivity contribution >= 4 is 11.9 Å². The maximum Gasteiger partial charge on any atom is 0.311 e. The molecule has 0 aliphatic carbocycles. The van der Waals surface area contributed by atoms with Crippen LogP contribution in [-0.2, 0) is 14.3 Å². The summed E-state index contributed by atoms with van der Waals surface area (Å²) in [5, 5.41) is 22.1. The number of amides is 1. The monoisotopic (exact) mass is 371 g/mol.